The lowest BCUT2D eigenvalue weighted by Gasteiger charge is -2.13. The first-order valence-electron chi connectivity index (χ1n) is 7.91. The second-order valence-electron chi connectivity index (χ2n) is 5.21. The van der Waals surface area contributed by atoms with Crippen LogP contribution in [0.5, 0.6) is 5.75 Å². The molecule has 1 atom stereocenters. The van der Waals surface area contributed by atoms with E-state index >= 15 is 0 Å². The lowest BCUT2D eigenvalue weighted by Crippen LogP contribution is -2.29. The van der Waals surface area contributed by atoms with Crippen molar-refractivity contribution in [1.29, 1.82) is 0 Å². The minimum Gasteiger partial charge on any atom is -0.494 e. The third kappa shape index (κ3) is 5.76. The van der Waals surface area contributed by atoms with Gasteiger partial charge in [0, 0.05) is 0 Å². The van der Waals surface area contributed by atoms with E-state index in [-0.39, 0.29) is 18.6 Å². The number of carbonyl (C=O) groups is 1. The van der Waals surface area contributed by atoms with Crippen LogP contribution in [0.2, 0.25) is 0 Å². The summed E-state index contributed by atoms with van der Waals surface area (Å²) in [5, 5.41) is 6.67. The molecule has 1 amide bonds. The van der Waals surface area contributed by atoms with E-state index < -0.39 is 0 Å². The molecule has 0 heterocycles. The number of nitrogens with one attached hydrogen (secondary N) is 1. The number of amides is 1. The van der Waals surface area contributed by atoms with Gasteiger partial charge in [0.1, 0.15) is 5.75 Å². The van der Waals surface area contributed by atoms with E-state index in [1.54, 1.807) is 6.21 Å². The minimum atomic E-state index is -0.213. The highest BCUT2D eigenvalue weighted by Crippen LogP contribution is 2.11. The molecule has 0 fully saturated rings. The van der Waals surface area contributed by atoms with Crippen LogP contribution >= 0.6 is 0 Å². The van der Waals surface area contributed by atoms with Crippen molar-refractivity contribution in [2.45, 2.75) is 19.9 Å². The van der Waals surface area contributed by atoms with Crippen molar-refractivity contribution in [3.8, 4) is 5.75 Å². The first-order valence-corrected chi connectivity index (χ1v) is 7.91. The number of rotatable bonds is 8. The monoisotopic (exact) mass is 326 g/mol. The van der Waals surface area contributed by atoms with Gasteiger partial charge in [-0.05, 0) is 49.2 Å². The first-order chi connectivity index (χ1) is 11.7. The molecule has 0 aromatic heterocycles. The fraction of sp³-hybridized carbons (Fsp3) is 0.263. The molecule has 0 spiro atoms. The van der Waals surface area contributed by atoms with Crippen molar-refractivity contribution in [2.75, 3.05) is 13.2 Å². The summed E-state index contributed by atoms with van der Waals surface area (Å²) in [6.07, 6.45) is 1.56. The molecule has 1 unspecified atom stereocenters. The molecule has 0 radical (unpaired) electrons. The zero-order valence-electron chi connectivity index (χ0n) is 13.9. The van der Waals surface area contributed by atoms with Gasteiger partial charge in [0.2, 0.25) is 0 Å². The zero-order chi connectivity index (χ0) is 17.2. The van der Waals surface area contributed by atoms with E-state index in [4.69, 9.17) is 9.57 Å². The highest BCUT2D eigenvalue weighted by molar-refractivity contribution is 5.80. The number of hydrogen-bond donors (Lipinski definition) is 1. The molecule has 24 heavy (non-hydrogen) atoms. The van der Waals surface area contributed by atoms with Crippen LogP contribution in [0.3, 0.4) is 0 Å². The second-order valence-corrected chi connectivity index (χ2v) is 5.21. The standard InChI is InChI=1S/C19H22N2O3/c1-3-23-18-11-9-16(10-12-18)13-20-24-14-19(22)21-15(2)17-7-5-4-6-8-17/h4-13,15H,3,14H2,1-2H3,(H,21,22)/b20-13+. The molecular weight excluding hydrogens is 304 g/mol. The molecule has 5 nitrogen and oxygen atoms in total. The summed E-state index contributed by atoms with van der Waals surface area (Å²) in [4.78, 5) is 16.9. The Morgan fingerprint density at radius 3 is 2.54 bits per heavy atom. The Labute approximate surface area is 142 Å². The van der Waals surface area contributed by atoms with Crippen LogP contribution in [0.1, 0.15) is 31.0 Å². The van der Waals surface area contributed by atoms with Crippen LogP contribution in [0.4, 0.5) is 0 Å². The lowest BCUT2D eigenvalue weighted by atomic mass is 10.1. The van der Waals surface area contributed by atoms with Crippen molar-refractivity contribution in [3.05, 3.63) is 65.7 Å². The molecule has 2 aromatic rings. The summed E-state index contributed by atoms with van der Waals surface area (Å²) in [6, 6.07) is 17.1. The summed E-state index contributed by atoms with van der Waals surface area (Å²) in [7, 11) is 0. The highest BCUT2D eigenvalue weighted by atomic mass is 16.6. The van der Waals surface area contributed by atoms with Gasteiger partial charge in [0.05, 0.1) is 18.9 Å². The topological polar surface area (TPSA) is 59.9 Å². The third-order valence-electron chi connectivity index (χ3n) is 3.34. The SMILES string of the molecule is CCOc1ccc(/C=N/OCC(=O)NC(C)c2ccccc2)cc1. The Morgan fingerprint density at radius 1 is 1.17 bits per heavy atom. The largest absolute Gasteiger partial charge is 0.494 e. The van der Waals surface area contributed by atoms with Crippen LogP contribution in [0.15, 0.2) is 59.8 Å². The molecule has 2 rings (SSSR count). The van der Waals surface area contributed by atoms with Gasteiger partial charge in [-0.15, -0.1) is 0 Å². The average Bonchev–Trinajstić information content (AvgIpc) is 2.61. The maximum Gasteiger partial charge on any atom is 0.261 e. The predicted octanol–water partition coefficient (Wildman–Crippen LogP) is 3.31. The van der Waals surface area contributed by atoms with Crippen LogP contribution < -0.4 is 10.1 Å². The number of carbonyl (C=O) groups excluding carboxylic acids is 1. The van der Waals surface area contributed by atoms with E-state index in [0.717, 1.165) is 16.9 Å². The maximum atomic E-state index is 11.8. The molecule has 1 N–H and O–H groups in total. The predicted molar refractivity (Wildman–Crippen MR) is 94.2 cm³/mol. The highest BCUT2D eigenvalue weighted by Gasteiger charge is 2.09. The van der Waals surface area contributed by atoms with Gasteiger partial charge in [-0.1, -0.05) is 35.5 Å². The van der Waals surface area contributed by atoms with E-state index in [2.05, 4.69) is 10.5 Å². The van der Waals surface area contributed by atoms with Gasteiger partial charge < -0.3 is 14.9 Å². The van der Waals surface area contributed by atoms with Crippen molar-refractivity contribution in [2.24, 2.45) is 5.16 Å². The Bertz CT molecular complexity index is 654. The second kappa shape index (κ2) is 9.35. The Hall–Kier alpha value is -2.82. The number of nitrogens with zero attached hydrogens (tertiary/aromatic N) is 1. The van der Waals surface area contributed by atoms with Gasteiger partial charge in [0.25, 0.3) is 5.91 Å². The van der Waals surface area contributed by atoms with Gasteiger partial charge in [-0.25, -0.2) is 0 Å². The van der Waals surface area contributed by atoms with E-state index in [9.17, 15) is 4.79 Å². The molecule has 5 heteroatoms. The first kappa shape index (κ1) is 17.5. The van der Waals surface area contributed by atoms with Gasteiger partial charge in [-0.3, -0.25) is 4.79 Å². The molecule has 0 aliphatic heterocycles. The average molecular weight is 326 g/mol. The normalized spacial score (nSPS) is 11.9. The van der Waals surface area contributed by atoms with Crippen LogP contribution in [0.25, 0.3) is 0 Å². The molecule has 0 saturated carbocycles. The molecule has 126 valence electrons. The van der Waals surface area contributed by atoms with Crippen molar-refractivity contribution in [1.82, 2.24) is 5.32 Å². The van der Waals surface area contributed by atoms with Crippen LogP contribution in [-0.2, 0) is 9.63 Å². The lowest BCUT2D eigenvalue weighted by molar-refractivity contribution is -0.126. The van der Waals surface area contributed by atoms with Crippen LogP contribution in [-0.4, -0.2) is 25.3 Å². The van der Waals surface area contributed by atoms with E-state index in [0.29, 0.717) is 6.61 Å². The number of hydrogen-bond acceptors (Lipinski definition) is 4. The number of ether oxygens (including phenoxy) is 1. The van der Waals surface area contributed by atoms with Gasteiger partial charge in [0.15, 0.2) is 6.61 Å². The number of benzene rings is 2. The fourth-order valence-electron chi connectivity index (χ4n) is 2.12. The van der Waals surface area contributed by atoms with Gasteiger partial charge in [-0.2, -0.15) is 0 Å². The maximum absolute atomic E-state index is 11.8. The number of oxime groups is 1. The Kier molecular flexibility index (Phi) is 6.83. The van der Waals surface area contributed by atoms with Crippen LogP contribution in [0, 0.1) is 0 Å². The van der Waals surface area contributed by atoms with Crippen molar-refractivity contribution in [3.63, 3.8) is 0 Å². The summed E-state index contributed by atoms with van der Waals surface area (Å²) in [6.45, 7) is 4.38. The zero-order valence-corrected chi connectivity index (χ0v) is 13.9. The smallest absolute Gasteiger partial charge is 0.261 e. The summed E-state index contributed by atoms with van der Waals surface area (Å²) in [5.74, 6) is 0.597. The van der Waals surface area contributed by atoms with Crippen molar-refractivity contribution >= 4 is 12.1 Å². The minimum absolute atomic E-state index is 0.0719. The van der Waals surface area contributed by atoms with E-state index in [1.165, 1.54) is 0 Å². The summed E-state index contributed by atoms with van der Waals surface area (Å²) >= 11 is 0. The molecule has 0 aliphatic rings. The molecule has 0 saturated heterocycles. The molecule has 2 aromatic carbocycles. The van der Waals surface area contributed by atoms with E-state index in [1.807, 2.05) is 68.4 Å². The van der Waals surface area contributed by atoms with Gasteiger partial charge >= 0.3 is 0 Å². The fourth-order valence-corrected chi connectivity index (χ4v) is 2.12. The van der Waals surface area contributed by atoms with Crippen molar-refractivity contribution < 1.29 is 14.4 Å². The summed E-state index contributed by atoms with van der Waals surface area (Å²) < 4.78 is 5.36. The Morgan fingerprint density at radius 2 is 1.88 bits per heavy atom. The quantitative estimate of drug-likeness (QED) is 0.598. The molecular formula is C19H22N2O3. The molecule has 0 bridgehead atoms. The third-order valence-corrected chi connectivity index (χ3v) is 3.34. The summed E-state index contributed by atoms with van der Waals surface area (Å²) in [5.41, 5.74) is 1.92. The molecule has 0 aliphatic carbocycles. The Balaban J connectivity index is 1.73.